The number of furan rings is 1. The fourth-order valence-corrected chi connectivity index (χ4v) is 3.94. The van der Waals surface area contributed by atoms with Gasteiger partial charge in [-0.1, -0.05) is 20.8 Å². The molecule has 0 amide bonds. The van der Waals surface area contributed by atoms with E-state index in [4.69, 9.17) is 4.42 Å². The van der Waals surface area contributed by atoms with Crippen molar-refractivity contribution in [3.63, 3.8) is 0 Å². The van der Waals surface area contributed by atoms with E-state index >= 15 is 0 Å². The quantitative estimate of drug-likeness (QED) is 0.840. The Bertz CT molecular complexity index is 533. The lowest BCUT2D eigenvalue weighted by Crippen LogP contribution is -2.36. The van der Waals surface area contributed by atoms with Crippen molar-refractivity contribution >= 4 is 10.0 Å². The van der Waals surface area contributed by atoms with Crippen LogP contribution in [0.1, 0.15) is 46.1 Å². The van der Waals surface area contributed by atoms with Crippen LogP contribution in [0.25, 0.3) is 0 Å². The molecule has 0 saturated heterocycles. The zero-order valence-corrected chi connectivity index (χ0v) is 14.0. The van der Waals surface area contributed by atoms with E-state index in [1.54, 1.807) is 13.0 Å². The molecule has 0 saturated carbocycles. The smallest absolute Gasteiger partial charge is 0.246 e. The summed E-state index contributed by atoms with van der Waals surface area (Å²) in [6.45, 7) is 12.3. The third-order valence-electron chi connectivity index (χ3n) is 3.08. The van der Waals surface area contributed by atoms with Crippen LogP contribution < -0.4 is 5.32 Å². The second-order valence-electron chi connectivity index (χ2n) is 5.47. The van der Waals surface area contributed by atoms with Crippen molar-refractivity contribution in [2.45, 2.75) is 65.1 Å². The van der Waals surface area contributed by atoms with Gasteiger partial charge in [0.15, 0.2) is 0 Å². The summed E-state index contributed by atoms with van der Waals surface area (Å²) in [5.41, 5.74) is 0. The summed E-state index contributed by atoms with van der Waals surface area (Å²) in [7, 11) is -3.49. The molecule has 1 N–H and O–H groups in total. The van der Waals surface area contributed by atoms with E-state index in [0.29, 0.717) is 30.7 Å². The molecule has 0 aromatic carbocycles. The molecule has 0 unspecified atom stereocenters. The number of hydrogen-bond donors (Lipinski definition) is 1. The van der Waals surface area contributed by atoms with Crippen molar-refractivity contribution in [3.8, 4) is 0 Å². The third kappa shape index (κ3) is 3.84. The molecule has 0 atom stereocenters. The monoisotopic (exact) mass is 302 g/mol. The molecule has 1 rings (SSSR count). The lowest BCUT2D eigenvalue weighted by molar-refractivity contribution is 0.367. The molecule has 0 fully saturated rings. The Balaban J connectivity index is 3.07. The first kappa shape index (κ1) is 17.2. The first-order valence-electron chi connectivity index (χ1n) is 7.04. The summed E-state index contributed by atoms with van der Waals surface area (Å²) < 4.78 is 32.3. The van der Waals surface area contributed by atoms with E-state index in [9.17, 15) is 8.42 Å². The van der Waals surface area contributed by atoms with Crippen LogP contribution in [0.5, 0.6) is 0 Å². The highest BCUT2D eigenvalue weighted by atomic mass is 32.2. The third-order valence-corrected chi connectivity index (χ3v) is 5.34. The Morgan fingerprint density at radius 1 is 1.30 bits per heavy atom. The van der Waals surface area contributed by atoms with Crippen LogP contribution in [0.2, 0.25) is 0 Å². The SMILES string of the molecule is CCN(C(C)C)S(=O)(=O)c1cc(CNC(C)C)oc1C. The van der Waals surface area contributed by atoms with E-state index in [0.717, 1.165) is 0 Å². The fourth-order valence-electron chi connectivity index (χ4n) is 2.11. The van der Waals surface area contributed by atoms with Gasteiger partial charge in [-0.3, -0.25) is 0 Å². The van der Waals surface area contributed by atoms with Gasteiger partial charge >= 0.3 is 0 Å². The molecule has 1 aromatic rings. The van der Waals surface area contributed by atoms with Crippen molar-refractivity contribution in [1.82, 2.24) is 9.62 Å². The topological polar surface area (TPSA) is 62.6 Å². The molecule has 0 aliphatic carbocycles. The molecule has 0 aliphatic rings. The van der Waals surface area contributed by atoms with Crippen molar-refractivity contribution in [3.05, 3.63) is 17.6 Å². The van der Waals surface area contributed by atoms with Crippen LogP contribution in [0.4, 0.5) is 0 Å². The van der Waals surface area contributed by atoms with Gasteiger partial charge in [-0.25, -0.2) is 8.42 Å². The maximum Gasteiger partial charge on any atom is 0.246 e. The van der Waals surface area contributed by atoms with Gasteiger partial charge in [0.25, 0.3) is 0 Å². The van der Waals surface area contributed by atoms with Gasteiger partial charge in [-0.2, -0.15) is 4.31 Å². The predicted octanol–water partition coefficient (Wildman–Crippen LogP) is 2.51. The minimum Gasteiger partial charge on any atom is -0.464 e. The molecule has 1 aromatic heterocycles. The Kier molecular flexibility index (Phi) is 5.79. The van der Waals surface area contributed by atoms with Crippen molar-refractivity contribution in [2.24, 2.45) is 0 Å². The number of sulfonamides is 1. The molecule has 1 heterocycles. The zero-order chi connectivity index (χ0) is 15.5. The van der Waals surface area contributed by atoms with Crippen LogP contribution in [0.3, 0.4) is 0 Å². The van der Waals surface area contributed by atoms with Crippen molar-refractivity contribution < 1.29 is 12.8 Å². The van der Waals surface area contributed by atoms with Gasteiger partial charge < -0.3 is 9.73 Å². The highest BCUT2D eigenvalue weighted by Crippen LogP contribution is 2.25. The van der Waals surface area contributed by atoms with Gasteiger partial charge in [0.2, 0.25) is 10.0 Å². The van der Waals surface area contributed by atoms with Gasteiger partial charge in [0.1, 0.15) is 16.4 Å². The average molecular weight is 302 g/mol. The highest BCUT2D eigenvalue weighted by molar-refractivity contribution is 7.89. The maximum absolute atomic E-state index is 12.6. The van der Waals surface area contributed by atoms with Gasteiger partial charge in [-0.15, -0.1) is 0 Å². The van der Waals surface area contributed by atoms with Crippen LogP contribution in [0, 0.1) is 6.92 Å². The van der Waals surface area contributed by atoms with E-state index in [1.165, 1.54) is 4.31 Å². The standard InChI is InChI=1S/C14H26N2O3S/c1-7-16(11(4)5)20(17,18)14-8-13(19-12(14)6)9-15-10(2)3/h8,10-11,15H,7,9H2,1-6H3. The molecule has 0 spiro atoms. The second kappa shape index (κ2) is 6.74. The lowest BCUT2D eigenvalue weighted by atomic mass is 10.3. The number of nitrogens with zero attached hydrogens (tertiary/aromatic N) is 1. The summed E-state index contributed by atoms with van der Waals surface area (Å²) in [5, 5.41) is 3.22. The Morgan fingerprint density at radius 3 is 2.35 bits per heavy atom. The first-order chi connectivity index (χ1) is 9.20. The van der Waals surface area contributed by atoms with E-state index in [2.05, 4.69) is 5.32 Å². The van der Waals surface area contributed by atoms with Crippen LogP contribution in [-0.4, -0.2) is 31.4 Å². The Labute approximate surface area is 122 Å². The fraction of sp³-hybridized carbons (Fsp3) is 0.714. The number of hydrogen-bond acceptors (Lipinski definition) is 4. The largest absolute Gasteiger partial charge is 0.464 e. The van der Waals surface area contributed by atoms with Crippen LogP contribution in [-0.2, 0) is 16.6 Å². The van der Waals surface area contributed by atoms with Gasteiger partial charge in [-0.05, 0) is 20.8 Å². The Hall–Kier alpha value is -0.850. The van der Waals surface area contributed by atoms with Crippen LogP contribution in [0.15, 0.2) is 15.4 Å². The van der Waals surface area contributed by atoms with E-state index in [1.807, 2.05) is 34.6 Å². The summed E-state index contributed by atoms with van der Waals surface area (Å²) >= 11 is 0. The predicted molar refractivity (Wildman–Crippen MR) is 80.1 cm³/mol. The summed E-state index contributed by atoms with van der Waals surface area (Å²) in [6.07, 6.45) is 0. The minimum absolute atomic E-state index is 0.0726. The van der Waals surface area contributed by atoms with Gasteiger partial charge in [0.05, 0.1) is 6.54 Å². The van der Waals surface area contributed by atoms with Crippen molar-refractivity contribution in [2.75, 3.05) is 6.54 Å². The van der Waals surface area contributed by atoms with E-state index in [-0.39, 0.29) is 10.9 Å². The molecule has 0 bridgehead atoms. The molecule has 20 heavy (non-hydrogen) atoms. The molecular formula is C14H26N2O3S. The van der Waals surface area contributed by atoms with Gasteiger partial charge in [0, 0.05) is 24.7 Å². The van der Waals surface area contributed by atoms with Crippen LogP contribution >= 0.6 is 0 Å². The molecule has 0 aliphatic heterocycles. The van der Waals surface area contributed by atoms with E-state index < -0.39 is 10.0 Å². The molecular weight excluding hydrogens is 276 g/mol. The zero-order valence-electron chi connectivity index (χ0n) is 13.2. The summed E-state index contributed by atoms with van der Waals surface area (Å²) in [5.74, 6) is 1.10. The first-order valence-corrected chi connectivity index (χ1v) is 8.48. The number of nitrogens with one attached hydrogen (secondary N) is 1. The average Bonchev–Trinajstić information content (AvgIpc) is 2.68. The number of rotatable bonds is 7. The maximum atomic E-state index is 12.6. The molecule has 6 heteroatoms. The number of aryl methyl sites for hydroxylation is 1. The second-order valence-corrected chi connectivity index (χ2v) is 7.33. The normalized spacial score (nSPS) is 12.8. The molecule has 0 radical (unpaired) electrons. The minimum atomic E-state index is -3.49. The summed E-state index contributed by atoms with van der Waals surface area (Å²) in [6, 6.07) is 1.88. The highest BCUT2D eigenvalue weighted by Gasteiger charge is 2.29. The summed E-state index contributed by atoms with van der Waals surface area (Å²) in [4.78, 5) is 0.272. The molecule has 5 nitrogen and oxygen atoms in total. The Morgan fingerprint density at radius 2 is 1.90 bits per heavy atom. The van der Waals surface area contributed by atoms with Crippen molar-refractivity contribution in [1.29, 1.82) is 0 Å². The molecule has 116 valence electrons. The lowest BCUT2D eigenvalue weighted by Gasteiger charge is -2.23.